The Hall–Kier alpha value is -1.00. The van der Waals surface area contributed by atoms with Gasteiger partial charge in [0.1, 0.15) is 0 Å². The van der Waals surface area contributed by atoms with Gasteiger partial charge in [-0.05, 0) is 43.5 Å². The summed E-state index contributed by atoms with van der Waals surface area (Å²) in [6, 6.07) is 5.69. The summed E-state index contributed by atoms with van der Waals surface area (Å²) in [6.45, 7) is 4.22. The standard InChI is InChI=1S/C13H18N2OS/c1-9-2-3-11(17)6-12(9)13(16)15-5-4-10(7-14)8-15/h2-3,6,10,17H,4-5,7-8,14H2,1H3. The summed E-state index contributed by atoms with van der Waals surface area (Å²) in [7, 11) is 0. The molecule has 0 radical (unpaired) electrons. The van der Waals surface area contributed by atoms with Crippen molar-refractivity contribution in [1.29, 1.82) is 0 Å². The summed E-state index contributed by atoms with van der Waals surface area (Å²) in [4.78, 5) is 15.1. The molecule has 1 aliphatic rings. The van der Waals surface area contributed by atoms with Gasteiger partial charge >= 0.3 is 0 Å². The van der Waals surface area contributed by atoms with Crippen molar-refractivity contribution in [1.82, 2.24) is 4.90 Å². The van der Waals surface area contributed by atoms with E-state index < -0.39 is 0 Å². The number of benzene rings is 1. The van der Waals surface area contributed by atoms with E-state index in [9.17, 15) is 4.79 Å². The number of likely N-dealkylation sites (tertiary alicyclic amines) is 1. The second kappa shape index (κ2) is 5.10. The SMILES string of the molecule is Cc1ccc(S)cc1C(=O)N1CCC(CN)C1. The molecule has 0 aliphatic carbocycles. The van der Waals surface area contributed by atoms with E-state index >= 15 is 0 Å². The fraction of sp³-hybridized carbons (Fsp3) is 0.462. The second-order valence-electron chi connectivity index (χ2n) is 4.64. The van der Waals surface area contributed by atoms with E-state index in [1.54, 1.807) is 0 Å². The van der Waals surface area contributed by atoms with Crippen molar-refractivity contribution >= 4 is 18.5 Å². The molecule has 1 aromatic carbocycles. The number of rotatable bonds is 2. The zero-order chi connectivity index (χ0) is 12.4. The predicted octanol–water partition coefficient (Wildman–Crippen LogP) is 1.70. The zero-order valence-corrected chi connectivity index (χ0v) is 10.9. The van der Waals surface area contributed by atoms with Gasteiger partial charge in [-0.3, -0.25) is 4.79 Å². The van der Waals surface area contributed by atoms with Crippen LogP contribution in [0.3, 0.4) is 0 Å². The Labute approximate surface area is 107 Å². The zero-order valence-electron chi connectivity index (χ0n) is 10.0. The number of carbonyl (C=O) groups excluding carboxylic acids is 1. The monoisotopic (exact) mass is 250 g/mol. The van der Waals surface area contributed by atoms with Gasteiger partial charge in [-0.1, -0.05) is 6.07 Å². The quantitative estimate of drug-likeness (QED) is 0.785. The second-order valence-corrected chi connectivity index (χ2v) is 5.16. The van der Waals surface area contributed by atoms with Gasteiger partial charge in [-0.25, -0.2) is 0 Å². The minimum atomic E-state index is 0.106. The Morgan fingerprint density at radius 2 is 2.35 bits per heavy atom. The van der Waals surface area contributed by atoms with Crippen LogP contribution in [0, 0.1) is 12.8 Å². The number of amides is 1. The van der Waals surface area contributed by atoms with Gasteiger partial charge in [-0.2, -0.15) is 0 Å². The van der Waals surface area contributed by atoms with Crippen LogP contribution in [0.2, 0.25) is 0 Å². The third kappa shape index (κ3) is 2.64. The average molecular weight is 250 g/mol. The number of hydrogen-bond donors (Lipinski definition) is 2. The number of carbonyl (C=O) groups is 1. The maximum Gasteiger partial charge on any atom is 0.254 e. The number of nitrogens with zero attached hydrogens (tertiary/aromatic N) is 1. The predicted molar refractivity (Wildman–Crippen MR) is 71.5 cm³/mol. The van der Waals surface area contributed by atoms with Crippen molar-refractivity contribution in [2.45, 2.75) is 18.2 Å². The van der Waals surface area contributed by atoms with Gasteiger partial charge in [0.05, 0.1) is 0 Å². The molecule has 2 N–H and O–H groups in total. The summed E-state index contributed by atoms with van der Waals surface area (Å²) >= 11 is 4.28. The van der Waals surface area contributed by atoms with Crippen LogP contribution in [0.1, 0.15) is 22.3 Å². The highest BCUT2D eigenvalue weighted by molar-refractivity contribution is 7.80. The van der Waals surface area contributed by atoms with E-state index in [2.05, 4.69) is 12.6 Å². The normalized spacial score (nSPS) is 19.7. The van der Waals surface area contributed by atoms with Crippen LogP contribution >= 0.6 is 12.6 Å². The molecule has 0 aromatic heterocycles. The maximum absolute atomic E-state index is 12.3. The van der Waals surface area contributed by atoms with Crippen molar-refractivity contribution in [2.75, 3.05) is 19.6 Å². The van der Waals surface area contributed by atoms with Crippen molar-refractivity contribution < 1.29 is 4.79 Å². The first kappa shape index (κ1) is 12.5. The van der Waals surface area contributed by atoms with E-state index in [0.717, 1.165) is 35.5 Å². The molecule has 1 unspecified atom stereocenters. The van der Waals surface area contributed by atoms with Gasteiger partial charge in [0.2, 0.25) is 0 Å². The summed E-state index contributed by atoms with van der Waals surface area (Å²) < 4.78 is 0. The maximum atomic E-state index is 12.3. The van der Waals surface area contributed by atoms with Crippen LogP contribution in [-0.4, -0.2) is 30.4 Å². The van der Waals surface area contributed by atoms with Crippen molar-refractivity contribution in [2.24, 2.45) is 11.7 Å². The highest BCUT2D eigenvalue weighted by Gasteiger charge is 2.26. The summed E-state index contributed by atoms with van der Waals surface area (Å²) in [5, 5.41) is 0. The molecule has 92 valence electrons. The van der Waals surface area contributed by atoms with Crippen molar-refractivity contribution in [3.05, 3.63) is 29.3 Å². The molecule has 1 aliphatic heterocycles. The highest BCUT2D eigenvalue weighted by atomic mass is 32.1. The molecule has 1 atom stereocenters. The fourth-order valence-corrected chi connectivity index (χ4v) is 2.42. The van der Waals surface area contributed by atoms with E-state index in [4.69, 9.17) is 5.73 Å². The molecule has 0 bridgehead atoms. The Morgan fingerprint density at radius 3 is 3.00 bits per heavy atom. The van der Waals surface area contributed by atoms with Crippen LogP contribution in [0.5, 0.6) is 0 Å². The molecule has 1 heterocycles. The first-order valence-corrected chi connectivity index (χ1v) is 6.35. The molecule has 1 amide bonds. The van der Waals surface area contributed by atoms with Gasteiger partial charge in [-0.15, -0.1) is 12.6 Å². The summed E-state index contributed by atoms with van der Waals surface area (Å²) in [5.41, 5.74) is 7.40. The van der Waals surface area contributed by atoms with E-state index in [0.29, 0.717) is 12.5 Å². The molecule has 4 heteroatoms. The van der Waals surface area contributed by atoms with Gasteiger partial charge in [0.15, 0.2) is 0 Å². The van der Waals surface area contributed by atoms with E-state index in [1.807, 2.05) is 30.0 Å². The molecule has 1 aromatic rings. The first-order chi connectivity index (χ1) is 8.11. The Morgan fingerprint density at radius 1 is 1.59 bits per heavy atom. The lowest BCUT2D eigenvalue weighted by molar-refractivity contribution is 0.0786. The highest BCUT2D eigenvalue weighted by Crippen LogP contribution is 2.21. The smallest absolute Gasteiger partial charge is 0.254 e. The van der Waals surface area contributed by atoms with E-state index in [-0.39, 0.29) is 5.91 Å². The molecule has 1 saturated heterocycles. The van der Waals surface area contributed by atoms with Gasteiger partial charge in [0, 0.05) is 23.5 Å². The van der Waals surface area contributed by atoms with Crippen molar-refractivity contribution in [3.63, 3.8) is 0 Å². The number of aryl methyl sites for hydroxylation is 1. The average Bonchev–Trinajstić information content (AvgIpc) is 2.80. The van der Waals surface area contributed by atoms with Crippen LogP contribution in [-0.2, 0) is 0 Å². The van der Waals surface area contributed by atoms with Crippen LogP contribution in [0.4, 0.5) is 0 Å². The molecule has 3 nitrogen and oxygen atoms in total. The minimum Gasteiger partial charge on any atom is -0.338 e. The Kier molecular flexibility index (Phi) is 3.74. The lowest BCUT2D eigenvalue weighted by atomic mass is 10.1. The van der Waals surface area contributed by atoms with Crippen LogP contribution in [0.15, 0.2) is 23.1 Å². The lowest BCUT2D eigenvalue weighted by Gasteiger charge is -2.17. The van der Waals surface area contributed by atoms with E-state index in [1.165, 1.54) is 0 Å². The van der Waals surface area contributed by atoms with Crippen molar-refractivity contribution in [3.8, 4) is 0 Å². The largest absolute Gasteiger partial charge is 0.338 e. The third-order valence-corrected chi connectivity index (χ3v) is 3.64. The van der Waals surface area contributed by atoms with Gasteiger partial charge < -0.3 is 10.6 Å². The number of hydrogen-bond acceptors (Lipinski definition) is 3. The molecular weight excluding hydrogens is 232 g/mol. The Balaban J connectivity index is 2.17. The minimum absolute atomic E-state index is 0.106. The van der Waals surface area contributed by atoms with Crippen LogP contribution < -0.4 is 5.73 Å². The molecule has 0 spiro atoms. The molecular formula is C13H18N2OS. The molecule has 1 fully saturated rings. The summed E-state index contributed by atoms with van der Waals surface area (Å²) in [5.74, 6) is 0.563. The molecule has 2 rings (SSSR count). The summed E-state index contributed by atoms with van der Waals surface area (Å²) in [6.07, 6.45) is 1.02. The molecule has 17 heavy (non-hydrogen) atoms. The Bertz CT molecular complexity index is 433. The third-order valence-electron chi connectivity index (χ3n) is 3.36. The molecule has 0 saturated carbocycles. The first-order valence-electron chi connectivity index (χ1n) is 5.90. The number of thiol groups is 1. The lowest BCUT2D eigenvalue weighted by Crippen LogP contribution is -2.30. The van der Waals surface area contributed by atoms with Gasteiger partial charge in [0.25, 0.3) is 5.91 Å². The van der Waals surface area contributed by atoms with Crippen LogP contribution in [0.25, 0.3) is 0 Å². The topological polar surface area (TPSA) is 46.3 Å². The number of nitrogens with two attached hydrogens (primary N) is 1. The fourth-order valence-electron chi connectivity index (χ4n) is 2.22.